The first kappa shape index (κ1) is 12.4. The quantitative estimate of drug-likeness (QED) is 0.730. The van der Waals surface area contributed by atoms with E-state index < -0.39 is 5.79 Å². The zero-order valence-electron chi connectivity index (χ0n) is 11.6. The number of benzene rings is 1. The Morgan fingerprint density at radius 2 is 1.75 bits per heavy atom. The van der Waals surface area contributed by atoms with E-state index in [0.29, 0.717) is 6.42 Å². The zero-order chi connectivity index (χ0) is 13.6. The average molecular weight is 272 g/mol. The second-order valence-corrected chi connectivity index (χ2v) is 6.35. The van der Waals surface area contributed by atoms with Crippen LogP contribution >= 0.6 is 0 Å². The monoisotopic (exact) mass is 272 g/mol. The lowest BCUT2D eigenvalue weighted by atomic mass is 9.58. The second kappa shape index (κ2) is 4.32. The summed E-state index contributed by atoms with van der Waals surface area (Å²) in [6.45, 7) is 0. The molecule has 1 aromatic carbocycles. The SMILES string of the molecule is O=C1CCC2(O1)OC(c1ccccc1)C21CCCCC1. The van der Waals surface area contributed by atoms with Crippen LogP contribution in [0.5, 0.6) is 0 Å². The molecule has 3 nitrogen and oxygen atoms in total. The van der Waals surface area contributed by atoms with Gasteiger partial charge in [-0.1, -0.05) is 49.6 Å². The van der Waals surface area contributed by atoms with E-state index >= 15 is 0 Å². The Bertz CT molecular complexity index is 518. The predicted octanol–water partition coefficient (Wildman–Crippen LogP) is 3.74. The van der Waals surface area contributed by atoms with Gasteiger partial charge in [0, 0.05) is 6.42 Å². The predicted molar refractivity (Wildman–Crippen MR) is 73.8 cm³/mol. The molecule has 0 aromatic heterocycles. The van der Waals surface area contributed by atoms with Gasteiger partial charge in [-0.25, -0.2) is 0 Å². The minimum atomic E-state index is -0.620. The molecule has 4 rings (SSSR count). The average Bonchev–Trinajstić information content (AvgIpc) is 2.91. The number of carbonyl (C=O) groups is 1. The van der Waals surface area contributed by atoms with Crippen LogP contribution in [0.3, 0.4) is 0 Å². The lowest BCUT2D eigenvalue weighted by molar-refractivity contribution is -0.417. The third-order valence-corrected chi connectivity index (χ3v) is 5.35. The third-order valence-electron chi connectivity index (χ3n) is 5.35. The molecule has 2 spiro atoms. The van der Waals surface area contributed by atoms with Crippen molar-refractivity contribution in [2.24, 2.45) is 5.41 Å². The molecule has 0 N–H and O–H groups in total. The number of esters is 1. The maximum atomic E-state index is 11.6. The fourth-order valence-electron chi connectivity index (χ4n) is 4.39. The van der Waals surface area contributed by atoms with Crippen LogP contribution in [0.25, 0.3) is 0 Å². The summed E-state index contributed by atoms with van der Waals surface area (Å²) in [5.74, 6) is -0.716. The Balaban J connectivity index is 1.71. The number of ether oxygens (including phenoxy) is 2. The number of fused-ring (bicyclic) bond motifs is 1. The van der Waals surface area contributed by atoms with Crippen LogP contribution in [0, 0.1) is 5.41 Å². The molecule has 3 aliphatic rings. The zero-order valence-corrected chi connectivity index (χ0v) is 11.6. The van der Waals surface area contributed by atoms with E-state index in [1.807, 2.05) is 6.07 Å². The minimum Gasteiger partial charge on any atom is -0.432 e. The molecule has 20 heavy (non-hydrogen) atoms. The molecular weight excluding hydrogens is 252 g/mol. The van der Waals surface area contributed by atoms with Crippen LogP contribution < -0.4 is 0 Å². The molecule has 2 atom stereocenters. The van der Waals surface area contributed by atoms with Crippen molar-refractivity contribution in [1.82, 2.24) is 0 Å². The van der Waals surface area contributed by atoms with Gasteiger partial charge in [0.05, 0.1) is 17.9 Å². The Labute approximate surface area is 119 Å². The largest absolute Gasteiger partial charge is 0.432 e. The molecule has 3 fully saturated rings. The first-order valence-corrected chi connectivity index (χ1v) is 7.70. The van der Waals surface area contributed by atoms with E-state index in [4.69, 9.17) is 9.47 Å². The van der Waals surface area contributed by atoms with Gasteiger partial charge in [0.1, 0.15) is 0 Å². The van der Waals surface area contributed by atoms with Gasteiger partial charge in [-0.2, -0.15) is 0 Å². The summed E-state index contributed by atoms with van der Waals surface area (Å²) in [6.07, 6.45) is 7.26. The standard InChI is InChI=1S/C17H20O3/c18-14-9-12-17(19-14)16(10-5-2-6-11-16)15(20-17)13-7-3-1-4-8-13/h1,3-4,7-8,15H,2,5-6,9-12H2. The molecular formula is C17H20O3. The molecule has 0 radical (unpaired) electrons. The summed E-state index contributed by atoms with van der Waals surface area (Å²) in [7, 11) is 0. The summed E-state index contributed by atoms with van der Waals surface area (Å²) in [5.41, 5.74) is 1.24. The van der Waals surface area contributed by atoms with Crippen LogP contribution in [0.4, 0.5) is 0 Å². The Morgan fingerprint density at radius 1 is 1.00 bits per heavy atom. The summed E-state index contributed by atoms with van der Waals surface area (Å²) in [5, 5.41) is 0. The lowest BCUT2D eigenvalue weighted by Gasteiger charge is -2.62. The highest BCUT2D eigenvalue weighted by Gasteiger charge is 2.71. The molecule has 3 heteroatoms. The highest BCUT2D eigenvalue weighted by molar-refractivity contribution is 5.72. The fourth-order valence-corrected chi connectivity index (χ4v) is 4.39. The van der Waals surface area contributed by atoms with Gasteiger partial charge in [0.15, 0.2) is 0 Å². The summed E-state index contributed by atoms with van der Waals surface area (Å²) in [6, 6.07) is 10.4. The van der Waals surface area contributed by atoms with Crippen molar-refractivity contribution in [2.75, 3.05) is 0 Å². The highest BCUT2D eigenvalue weighted by Crippen LogP contribution is 2.68. The van der Waals surface area contributed by atoms with E-state index in [1.165, 1.54) is 24.8 Å². The van der Waals surface area contributed by atoms with E-state index in [2.05, 4.69) is 24.3 Å². The highest BCUT2D eigenvalue weighted by atomic mass is 16.7. The normalized spacial score (nSPS) is 35.0. The van der Waals surface area contributed by atoms with Gasteiger partial charge < -0.3 is 9.47 Å². The summed E-state index contributed by atoms with van der Waals surface area (Å²) >= 11 is 0. The number of hydrogen-bond acceptors (Lipinski definition) is 3. The van der Waals surface area contributed by atoms with Crippen molar-refractivity contribution in [3.05, 3.63) is 35.9 Å². The van der Waals surface area contributed by atoms with Crippen LogP contribution in [-0.2, 0) is 14.3 Å². The maximum absolute atomic E-state index is 11.6. The first-order chi connectivity index (χ1) is 9.76. The number of hydrogen-bond donors (Lipinski definition) is 0. The van der Waals surface area contributed by atoms with Gasteiger partial charge in [-0.15, -0.1) is 0 Å². The first-order valence-electron chi connectivity index (χ1n) is 7.70. The second-order valence-electron chi connectivity index (χ2n) is 6.35. The van der Waals surface area contributed by atoms with Crippen molar-refractivity contribution in [3.63, 3.8) is 0 Å². The molecule has 1 aromatic rings. The molecule has 2 unspecified atom stereocenters. The maximum Gasteiger partial charge on any atom is 0.308 e. The summed E-state index contributed by atoms with van der Waals surface area (Å²) < 4.78 is 11.9. The lowest BCUT2D eigenvalue weighted by Crippen LogP contribution is -2.65. The fraction of sp³-hybridized carbons (Fsp3) is 0.588. The van der Waals surface area contributed by atoms with Crippen molar-refractivity contribution in [2.45, 2.75) is 56.8 Å². The van der Waals surface area contributed by atoms with Crippen LogP contribution in [-0.4, -0.2) is 11.8 Å². The molecule has 106 valence electrons. The molecule has 2 heterocycles. The molecule has 1 aliphatic carbocycles. The van der Waals surface area contributed by atoms with Crippen LogP contribution in [0.2, 0.25) is 0 Å². The van der Waals surface area contributed by atoms with Gasteiger partial charge in [0.2, 0.25) is 5.79 Å². The van der Waals surface area contributed by atoms with Gasteiger partial charge >= 0.3 is 5.97 Å². The van der Waals surface area contributed by atoms with Crippen LogP contribution in [0.1, 0.15) is 56.6 Å². The molecule has 2 aliphatic heterocycles. The van der Waals surface area contributed by atoms with E-state index in [1.54, 1.807) is 0 Å². The van der Waals surface area contributed by atoms with Crippen LogP contribution in [0.15, 0.2) is 30.3 Å². The molecule has 0 amide bonds. The molecule has 2 saturated heterocycles. The number of rotatable bonds is 1. The van der Waals surface area contributed by atoms with Crippen molar-refractivity contribution in [1.29, 1.82) is 0 Å². The molecule has 1 saturated carbocycles. The smallest absolute Gasteiger partial charge is 0.308 e. The Hall–Kier alpha value is -1.35. The van der Waals surface area contributed by atoms with E-state index in [-0.39, 0.29) is 17.5 Å². The van der Waals surface area contributed by atoms with Gasteiger partial charge in [-0.05, 0) is 18.4 Å². The molecule has 0 bridgehead atoms. The van der Waals surface area contributed by atoms with Gasteiger partial charge in [-0.3, -0.25) is 4.79 Å². The minimum absolute atomic E-state index is 0.0127. The van der Waals surface area contributed by atoms with Crippen molar-refractivity contribution in [3.8, 4) is 0 Å². The van der Waals surface area contributed by atoms with Crippen molar-refractivity contribution >= 4 is 5.97 Å². The Morgan fingerprint density at radius 3 is 2.40 bits per heavy atom. The Kier molecular flexibility index (Phi) is 2.68. The third kappa shape index (κ3) is 1.53. The van der Waals surface area contributed by atoms with E-state index in [9.17, 15) is 4.79 Å². The van der Waals surface area contributed by atoms with E-state index in [0.717, 1.165) is 19.3 Å². The number of carbonyl (C=O) groups excluding carboxylic acids is 1. The topological polar surface area (TPSA) is 35.5 Å². The summed E-state index contributed by atoms with van der Waals surface area (Å²) in [4.78, 5) is 11.6. The van der Waals surface area contributed by atoms with Gasteiger partial charge in [0.25, 0.3) is 0 Å². The van der Waals surface area contributed by atoms with Crippen molar-refractivity contribution < 1.29 is 14.3 Å².